The number of nitrogens with one attached hydrogen (secondary N) is 2. The van der Waals surface area contributed by atoms with Crippen LogP contribution in [0.25, 0.3) is 10.9 Å². The zero-order valence-corrected chi connectivity index (χ0v) is 24.3. The summed E-state index contributed by atoms with van der Waals surface area (Å²) in [6, 6.07) is 20.0. The molecular formula is C32H39N7O2. The quantitative estimate of drug-likeness (QED) is 0.326. The highest BCUT2D eigenvalue weighted by molar-refractivity contribution is 6.04. The number of fused-ring (bicyclic) bond motifs is 1. The first-order valence-corrected chi connectivity index (χ1v) is 14.3. The van der Waals surface area contributed by atoms with Crippen molar-refractivity contribution in [3.05, 3.63) is 84.2 Å². The highest BCUT2D eigenvalue weighted by Crippen LogP contribution is 2.30. The molecule has 214 valence electrons. The summed E-state index contributed by atoms with van der Waals surface area (Å²) in [4.78, 5) is 36.6. The number of carbonyl (C=O) groups excluding carboxylic acids is 2. The van der Waals surface area contributed by atoms with Crippen molar-refractivity contribution in [2.24, 2.45) is 0 Å². The van der Waals surface area contributed by atoms with Crippen molar-refractivity contribution in [2.75, 3.05) is 57.0 Å². The summed E-state index contributed by atoms with van der Waals surface area (Å²) in [5.41, 5.74) is 4.57. The van der Waals surface area contributed by atoms with Crippen LogP contribution in [0.1, 0.15) is 29.8 Å². The topological polar surface area (TPSA) is 85.7 Å². The van der Waals surface area contributed by atoms with E-state index in [0.717, 1.165) is 54.9 Å². The number of benzene rings is 2. The van der Waals surface area contributed by atoms with E-state index in [-0.39, 0.29) is 11.9 Å². The molecule has 1 aliphatic rings. The number of amides is 2. The molecule has 1 atom stereocenters. The predicted octanol–water partition coefficient (Wildman–Crippen LogP) is 4.81. The zero-order chi connectivity index (χ0) is 28.9. The molecule has 2 N–H and O–H groups in total. The second kappa shape index (κ2) is 12.5. The number of rotatable bonds is 8. The molecule has 4 aromatic rings. The molecule has 2 aromatic heterocycles. The van der Waals surface area contributed by atoms with Crippen LogP contribution in [-0.2, 0) is 6.42 Å². The Balaban J connectivity index is 1.23. The minimum Gasteiger partial charge on any atom is -0.342 e. The Labute approximate surface area is 241 Å². The van der Waals surface area contributed by atoms with Gasteiger partial charge in [-0.2, -0.15) is 0 Å². The number of hydrogen-bond donors (Lipinski definition) is 2. The maximum atomic E-state index is 13.0. The van der Waals surface area contributed by atoms with Gasteiger partial charge in [-0.3, -0.25) is 9.36 Å². The van der Waals surface area contributed by atoms with Gasteiger partial charge in [0.25, 0.3) is 5.91 Å². The van der Waals surface area contributed by atoms with Crippen LogP contribution in [0.5, 0.6) is 0 Å². The van der Waals surface area contributed by atoms with E-state index in [1.807, 2.05) is 54.6 Å². The Hall–Kier alpha value is -4.21. The number of hydrogen-bond acceptors (Lipinski definition) is 6. The van der Waals surface area contributed by atoms with Crippen LogP contribution >= 0.6 is 0 Å². The lowest BCUT2D eigenvalue weighted by Crippen LogP contribution is -2.50. The van der Waals surface area contributed by atoms with E-state index in [4.69, 9.17) is 0 Å². The number of piperazine rings is 1. The summed E-state index contributed by atoms with van der Waals surface area (Å²) >= 11 is 0. The van der Waals surface area contributed by atoms with E-state index in [1.54, 1.807) is 24.0 Å². The number of anilines is 3. The van der Waals surface area contributed by atoms with Crippen LogP contribution in [0.15, 0.2) is 73.1 Å². The van der Waals surface area contributed by atoms with Gasteiger partial charge in [0.05, 0.1) is 5.52 Å². The van der Waals surface area contributed by atoms with Gasteiger partial charge in [0.2, 0.25) is 0 Å². The summed E-state index contributed by atoms with van der Waals surface area (Å²) < 4.78 is 1.59. The van der Waals surface area contributed by atoms with Gasteiger partial charge < -0.3 is 25.3 Å². The second-order valence-corrected chi connectivity index (χ2v) is 10.7. The fourth-order valence-electron chi connectivity index (χ4n) is 5.39. The van der Waals surface area contributed by atoms with Crippen LogP contribution in [0.3, 0.4) is 0 Å². The molecule has 0 unspecified atom stereocenters. The van der Waals surface area contributed by atoms with Crippen LogP contribution in [0, 0.1) is 0 Å². The molecule has 1 aliphatic heterocycles. The van der Waals surface area contributed by atoms with Gasteiger partial charge in [-0.25, -0.2) is 9.78 Å². The third-order valence-corrected chi connectivity index (χ3v) is 8.01. The summed E-state index contributed by atoms with van der Waals surface area (Å²) in [5, 5.41) is 6.58. The molecule has 0 aliphatic carbocycles. The van der Waals surface area contributed by atoms with E-state index in [0.29, 0.717) is 24.0 Å². The zero-order valence-electron chi connectivity index (χ0n) is 24.3. The molecule has 0 spiro atoms. The van der Waals surface area contributed by atoms with Crippen LogP contribution < -0.4 is 15.5 Å². The van der Waals surface area contributed by atoms with Crippen molar-refractivity contribution >= 4 is 40.0 Å². The molecule has 0 bridgehead atoms. The standard InChI is InChI=1S/C32H39N7O2/c1-5-38(27-10-11-29-26(20-27)14-17-39(29)32(41)33-3)28-12-15-34-30(21-28)35-31(40)25-8-6-24(7-9-25)13-16-37-19-18-36(4)23(2)22-37/h6-12,14-15,17,20-21,23H,5,13,16,18-19,22H2,1-4H3,(H,33,41)(H,34,35,40)/t23-/m1/s1. The van der Waals surface area contributed by atoms with E-state index in [9.17, 15) is 9.59 Å². The molecule has 2 aromatic carbocycles. The third kappa shape index (κ3) is 6.42. The lowest BCUT2D eigenvalue weighted by Gasteiger charge is -2.37. The van der Waals surface area contributed by atoms with Crippen molar-refractivity contribution in [1.29, 1.82) is 0 Å². The highest BCUT2D eigenvalue weighted by atomic mass is 16.2. The molecule has 9 nitrogen and oxygen atoms in total. The van der Waals surface area contributed by atoms with Gasteiger partial charge >= 0.3 is 6.03 Å². The fourth-order valence-corrected chi connectivity index (χ4v) is 5.39. The van der Waals surface area contributed by atoms with Crippen molar-refractivity contribution in [1.82, 2.24) is 24.7 Å². The first kappa shape index (κ1) is 28.3. The minimum absolute atomic E-state index is 0.176. The molecule has 41 heavy (non-hydrogen) atoms. The van der Waals surface area contributed by atoms with Crippen molar-refractivity contribution in [2.45, 2.75) is 26.3 Å². The Morgan fingerprint density at radius 1 is 1.02 bits per heavy atom. The summed E-state index contributed by atoms with van der Waals surface area (Å²) in [6.07, 6.45) is 4.44. The largest absolute Gasteiger partial charge is 0.342 e. The van der Waals surface area contributed by atoms with E-state index < -0.39 is 0 Å². The van der Waals surface area contributed by atoms with Crippen LogP contribution in [-0.4, -0.2) is 84.2 Å². The normalized spacial score (nSPS) is 16.0. The molecule has 2 amide bonds. The third-order valence-electron chi connectivity index (χ3n) is 8.01. The Morgan fingerprint density at radius 2 is 1.80 bits per heavy atom. The smallest absolute Gasteiger partial charge is 0.325 e. The van der Waals surface area contributed by atoms with E-state index in [1.165, 1.54) is 5.56 Å². The molecule has 1 saturated heterocycles. The van der Waals surface area contributed by atoms with E-state index >= 15 is 0 Å². The molecule has 3 heterocycles. The lowest BCUT2D eigenvalue weighted by atomic mass is 10.1. The van der Waals surface area contributed by atoms with Crippen molar-refractivity contribution in [3.63, 3.8) is 0 Å². The highest BCUT2D eigenvalue weighted by Gasteiger charge is 2.20. The number of pyridine rings is 1. The monoisotopic (exact) mass is 553 g/mol. The second-order valence-electron chi connectivity index (χ2n) is 10.7. The summed E-state index contributed by atoms with van der Waals surface area (Å²) in [7, 11) is 3.81. The molecule has 0 saturated carbocycles. The first-order chi connectivity index (χ1) is 19.9. The maximum absolute atomic E-state index is 13.0. The van der Waals surface area contributed by atoms with E-state index in [2.05, 4.69) is 57.3 Å². The summed E-state index contributed by atoms with van der Waals surface area (Å²) in [5.74, 6) is 0.306. The number of nitrogens with zero attached hydrogens (tertiary/aromatic N) is 5. The molecule has 9 heteroatoms. The van der Waals surface area contributed by atoms with Gasteiger partial charge in [-0.05, 0) is 75.3 Å². The van der Waals surface area contributed by atoms with Crippen LogP contribution in [0.2, 0.25) is 0 Å². The number of aromatic nitrogens is 2. The number of carbonyl (C=O) groups is 2. The first-order valence-electron chi connectivity index (χ1n) is 14.3. The van der Waals surface area contributed by atoms with Crippen LogP contribution in [0.4, 0.5) is 22.0 Å². The molecule has 1 fully saturated rings. The van der Waals surface area contributed by atoms with Gasteiger partial charge in [0, 0.05) is 86.6 Å². The van der Waals surface area contributed by atoms with Crippen molar-refractivity contribution < 1.29 is 9.59 Å². The Kier molecular flexibility index (Phi) is 8.66. The molecular weight excluding hydrogens is 514 g/mol. The van der Waals surface area contributed by atoms with Gasteiger partial charge in [0.15, 0.2) is 0 Å². The average Bonchev–Trinajstić information content (AvgIpc) is 3.42. The van der Waals surface area contributed by atoms with Gasteiger partial charge in [-0.1, -0.05) is 12.1 Å². The summed E-state index contributed by atoms with van der Waals surface area (Å²) in [6.45, 7) is 9.39. The van der Waals surface area contributed by atoms with Gasteiger partial charge in [-0.15, -0.1) is 0 Å². The number of likely N-dealkylation sites (N-methyl/N-ethyl adjacent to an activating group) is 1. The average molecular weight is 554 g/mol. The molecule has 0 radical (unpaired) electrons. The SMILES string of the molecule is CCN(c1ccnc(NC(=O)c2ccc(CCN3CCN(C)[C@H](C)C3)cc2)c1)c1ccc2c(ccn2C(=O)NC)c1. The molecule has 5 rings (SSSR count). The van der Waals surface area contributed by atoms with Crippen molar-refractivity contribution in [3.8, 4) is 0 Å². The Morgan fingerprint density at radius 3 is 2.54 bits per heavy atom. The predicted molar refractivity (Wildman–Crippen MR) is 165 cm³/mol. The minimum atomic E-state index is -0.186. The Bertz CT molecular complexity index is 1510. The van der Waals surface area contributed by atoms with Gasteiger partial charge in [0.1, 0.15) is 5.82 Å². The fraction of sp³-hybridized carbons (Fsp3) is 0.344. The lowest BCUT2D eigenvalue weighted by molar-refractivity contribution is 0.102. The maximum Gasteiger partial charge on any atom is 0.325 e.